The first-order valence-electron chi connectivity index (χ1n) is 8.99. The van der Waals surface area contributed by atoms with Gasteiger partial charge in [0.05, 0.1) is 7.11 Å². The van der Waals surface area contributed by atoms with Gasteiger partial charge in [-0.1, -0.05) is 0 Å². The molecule has 0 aliphatic rings. The molecule has 1 heterocycles. The molecule has 0 spiro atoms. The summed E-state index contributed by atoms with van der Waals surface area (Å²) in [7, 11) is 2.38. The van der Waals surface area contributed by atoms with E-state index in [0.717, 1.165) is 40.3 Å². The van der Waals surface area contributed by atoms with Crippen molar-refractivity contribution in [2.45, 2.75) is 38.0 Å². The number of benzene rings is 1. The van der Waals surface area contributed by atoms with Crippen LogP contribution in [0.1, 0.15) is 18.7 Å². The van der Waals surface area contributed by atoms with Gasteiger partial charge in [-0.2, -0.15) is 0 Å². The van der Waals surface area contributed by atoms with Crippen molar-refractivity contribution >= 4 is 25.7 Å². The number of rotatable bonds is 12. The molecule has 0 unspecified atom stereocenters. The number of halogens is 1. The average Bonchev–Trinajstić information content (AvgIpc) is 2.96. The molecule has 28 heavy (non-hydrogen) atoms. The van der Waals surface area contributed by atoms with Crippen molar-refractivity contribution in [3.8, 4) is 17.0 Å². The van der Waals surface area contributed by atoms with Crippen LogP contribution in [0.25, 0.3) is 11.3 Å². The Morgan fingerprint density at radius 1 is 1.18 bits per heavy atom. The van der Waals surface area contributed by atoms with Gasteiger partial charge < -0.3 is 29.2 Å². The Kier molecular flexibility index (Phi) is 9.08. The molecule has 0 aliphatic heterocycles. The van der Waals surface area contributed by atoms with Crippen molar-refractivity contribution in [3.63, 3.8) is 0 Å². The van der Waals surface area contributed by atoms with Crippen LogP contribution in [-0.4, -0.2) is 61.4 Å². The third-order valence-electron chi connectivity index (χ3n) is 4.10. The zero-order valence-electron chi connectivity index (χ0n) is 16.1. The standard InChI is InChI=1S/C18H27BrN2O6Si/c1-25-12-21-15(4-3-10-27-28-11-9-18(22,23)24)20-16(17(21)19)13-5-7-14(26-2)8-6-13/h5-8,22-24H,3-4,9-12,28H2,1-2H3. The average molecular weight is 475 g/mol. The Hall–Kier alpha value is -1.27. The highest BCUT2D eigenvalue weighted by Gasteiger charge is 2.18. The molecule has 0 bridgehead atoms. The number of aromatic nitrogens is 2. The topological polar surface area (TPSA) is 106 Å². The van der Waals surface area contributed by atoms with E-state index in [1.54, 1.807) is 14.2 Å². The molecule has 10 heteroatoms. The lowest BCUT2D eigenvalue weighted by Crippen LogP contribution is -2.27. The van der Waals surface area contributed by atoms with Crippen molar-refractivity contribution in [1.29, 1.82) is 0 Å². The van der Waals surface area contributed by atoms with Gasteiger partial charge >= 0.3 is 0 Å². The number of nitrogens with zero attached hydrogens (tertiary/aromatic N) is 2. The minimum absolute atomic E-state index is 0.0877. The summed E-state index contributed by atoms with van der Waals surface area (Å²) in [6, 6.07) is 8.22. The molecule has 0 radical (unpaired) electrons. The van der Waals surface area contributed by atoms with Gasteiger partial charge in [0.1, 0.15) is 28.6 Å². The van der Waals surface area contributed by atoms with Gasteiger partial charge in [0.15, 0.2) is 9.76 Å². The fourth-order valence-corrected chi connectivity index (χ4v) is 4.56. The van der Waals surface area contributed by atoms with Crippen LogP contribution in [0.15, 0.2) is 28.9 Å². The fourth-order valence-electron chi connectivity index (χ4n) is 2.71. The summed E-state index contributed by atoms with van der Waals surface area (Å²) in [5.41, 5.74) is 1.82. The molecule has 0 atom stereocenters. The molecule has 156 valence electrons. The Balaban J connectivity index is 1.95. The summed E-state index contributed by atoms with van der Waals surface area (Å²) < 4.78 is 19.0. The number of aryl methyl sites for hydroxylation is 1. The van der Waals surface area contributed by atoms with E-state index in [2.05, 4.69) is 15.9 Å². The van der Waals surface area contributed by atoms with Gasteiger partial charge in [-0.15, -0.1) is 0 Å². The molecular formula is C18H27BrN2O6Si. The number of hydrogen-bond donors (Lipinski definition) is 3. The van der Waals surface area contributed by atoms with Crippen LogP contribution in [0.5, 0.6) is 5.75 Å². The lowest BCUT2D eigenvalue weighted by atomic mass is 10.1. The minimum atomic E-state index is -2.59. The van der Waals surface area contributed by atoms with Crippen LogP contribution in [0.4, 0.5) is 0 Å². The predicted molar refractivity (Wildman–Crippen MR) is 111 cm³/mol. The monoisotopic (exact) mass is 474 g/mol. The number of hydrogen-bond acceptors (Lipinski definition) is 7. The van der Waals surface area contributed by atoms with E-state index in [-0.39, 0.29) is 6.42 Å². The summed E-state index contributed by atoms with van der Waals surface area (Å²) in [5, 5.41) is 26.5. The highest BCUT2D eigenvalue weighted by Crippen LogP contribution is 2.30. The Labute approximate surface area is 175 Å². The van der Waals surface area contributed by atoms with Crippen molar-refractivity contribution in [3.05, 3.63) is 34.7 Å². The molecule has 2 aromatic rings. The number of ether oxygens (including phenoxy) is 2. The van der Waals surface area contributed by atoms with E-state index in [1.807, 2.05) is 28.8 Å². The Morgan fingerprint density at radius 2 is 1.89 bits per heavy atom. The lowest BCUT2D eigenvalue weighted by Gasteiger charge is -2.13. The maximum atomic E-state index is 8.85. The fraction of sp³-hybridized carbons (Fsp3) is 0.500. The summed E-state index contributed by atoms with van der Waals surface area (Å²) >= 11 is 3.63. The van der Waals surface area contributed by atoms with Crippen molar-refractivity contribution < 1.29 is 29.2 Å². The molecule has 3 N–H and O–H groups in total. The van der Waals surface area contributed by atoms with E-state index >= 15 is 0 Å². The van der Waals surface area contributed by atoms with E-state index in [1.165, 1.54) is 0 Å². The van der Waals surface area contributed by atoms with Gasteiger partial charge in [0.2, 0.25) is 0 Å². The maximum absolute atomic E-state index is 8.85. The van der Waals surface area contributed by atoms with Crippen molar-refractivity contribution in [2.24, 2.45) is 0 Å². The highest BCUT2D eigenvalue weighted by molar-refractivity contribution is 9.10. The first kappa shape index (κ1) is 23.0. The molecular weight excluding hydrogens is 448 g/mol. The first-order valence-corrected chi connectivity index (χ1v) is 11.4. The number of imidazole rings is 1. The third-order valence-corrected chi connectivity index (χ3v) is 6.12. The molecule has 8 nitrogen and oxygen atoms in total. The maximum Gasteiger partial charge on any atom is 0.275 e. The summed E-state index contributed by atoms with van der Waals surface area (Å²) in [6.07, 6.45) is 1.41. The van der Waals surface area contributed by atoms with Crippen LogP contribution in [0, 0.1) is 0 Å². The number of methoxy groups -OCH3 is 2. The Morgan fingerprint density at radius 3 is 2.50 bits per heavy atom. The second-order valence-electron chi connectivity index (χ2n) is 6.34. The zero-order valence-corrected chi connectivity index (χ0v) is 19.1. The van der Waals surface area contributed by atoms with E-state index in [0.29, 0.717) is 19.4 Å². The van der Waals surface area contributed by atoms with E-state index in [4.69, 9.17) is 34.2 Å². The van der Waals surface area contributed by atoms with Crippen LogP contribution >= 0.6 is 15.9 Å². The van der Waals surface area contributed by atoms with Crippen LogP contribution in [0.2, 0.25) is 6.04 Å². The third kappa shape index (κ3) is 6.96. The van der Waals surface area contributed by atoms with Gasteiger partial charge in [0.25, 0.3) is 5.97 Å². The second kappa shape index (κ2) is 11.1. The van der Waals surface area contributed by atoms with Crippen molar-refractivity contribution in [2.75, 3.05) is 20.8 Å². The summed E-state index contributed by atoms with van der Waals surface area (Å²) in [6.45, 7) is 0.955. The minimum Gasteiger partial charge on any atom is -0.497 e. The molecule has 0 amide bonds. The molecule has 1 aromatic carbocycles. The number of aliphatic hydroxyl groups is 3. The van der Waals surface area contributed by atoms with Crippen LogP contribution in [-0.2, 0) is 22.3 Å². The molecule has 0 fully saturated rings. The molecule has 0 saturated heterocycles. The molecule has 2 rings (SSSR count). The van der Waals surface area contributed by atoms with Crippen LogP contribution in [0.3, 0.4) is 0 Å². The smallest absolute Gasteiger partial charge is 0.275 e. The summed E-state index contributed by atoms with van der Waals surface area (Å²) in [4.78, 5) is 4.77. The molecule has 0 saturated carbocycles. The van der Waals surface area contributed by atoms with E-state index < -0.39 is 15.7 Å². The SMILES string of the molecule is COCn1c(CCCO[SiH2]CCC(O)(O)O)nc(-c2ccc(OC)cc2)c1Br. The summed E-state index contributed by atoms with van der Waals surface area (Å²) in [5.74, 6) is -0.908. The van der Waals surface area contributed by atoms with Gasteiger partial charge in [-0.3, -0.25) is 4.57 Å². The van der Waals surface area contributed by atoms with Gasteiger partial charge in [0, 0.05) is 32.1 Å². The second-order valence-corrected chi connectivity index (χ2v) is 8.61. The zero-order chi connectivity index (χ0) is 20.6. The first-order chi connectivity index (χ1) is 13.4. The normalized spacial score (nSPS) is 12.2. The van der Waals surface area contributed by atoms with Gasteiger partial charge in [-0.05, 0) is 52.7 Å². The molecule has 1 aromatic heterocycles. The largest absolute Gasteiger partial charge is 0.497 e. The quantitative estimate of drug-likeness (QED) is 0.242. The van der Waals surface area contributed by atoms with E-state index in [9.17, 15) is 0 Å². The predicted octanol–water partition coefficient (Wildman–Crippen LogP) is 1.40. The van der Waals surface area contributed by atoms with Crippen molar-refractivity contribution in [1.82, 2.24) is 9.55 Å². The Bertz CT molecular complexity index is 733. The molecule has 0 aliphatic carbocycles. The lowest BCUT2D eigenvalue weighted by molar-refractivity contribution is -0.312. The van der Waals surface area contributed by atoms with Gasteiger partial charge in [-0.25, -0.2) is 4.98 Å². The van der Waals surface area contributed by atoms with Crippen LogP contribution < -0.4 is 4.74 Å². The highest BCUT2D eigenvalue weighted by atomic mass is 79.9.